The van der Waals surface area contributed by atoms with Crippen LogP contribution in [0.3, 0.4) is 0 Å². The number of fused-ring (bicyclic) bond motifs is 2. The van der Waals surface area contributed by atoms with E-state index in [-0.39, 0.29) is 5.63 Å². The minimum Gasteiger partial charge on any atom is -0.423 e. The molecule has 2 nitrogen and oxygen atoms in total. The Balaban J connectivity index is 2.18. The van der Waals surface area contributed by atoms with Crippen LogP contribution in [-0.4, -0.2) is 0 Å². The van der Waals surface area contributed by atoms with E-state index < -0.39 is 0 Å². The molecule has 18 heavy (non-hydrogen) atoms. The zero-order valence-corrected chi connectivity index (χ0v) is 10.4. The van der Waals surface area contributed by atoms with E-state index in [0.717, 1.165) is 24.6 Å². The highest BCUT2D eigenvalue weighted by atomic mass is 16.4. The van der Waals surface area contributed by atoms with Crippen molar-refractivity contribution in [2.24, 2.45) is 0 Å². The molecule has 0 saturated heterocycles. The van der Waals surface area contributed by atoms with E-state index in [0.29, 0.717) is 5.58 Å². The maximum atomic E-state index is 11.3. The Bertz CT molecular complexity index is 664. The van der Waals surface area contributed by atoms with Crippen molar-refractivity contribution < 1.29 is 4.42 Å². The van der Waals surface area contributed by atoms with Crippen LogP contribution in [0.15, 0.2) is 45.6 Å². The molecule has 0 unspecified atom stereocenters. The minimum atomic E-state index is -0.285. The molecule has 1 heterocycles. The molecule has 0 aliphatic heterocycles. The Morgan fingerprint density at radius 2 is 1.89 bits per heavy atom. The number of aryl methyl sites for hydroxylation is 1. The maximum absolute atomic E-state index is 11.3. The summed E-state index contributed by atoms with van der Waals surface area (Å²) >= 11 is 0. The first kappa shape index (κ1) is 11.3. The molecule has 2 aromatic rings. The summed E-state index contributed by atoms with van der Waals surface area (Å²) in [7, 11) is 0. The summed E-state index contributed by atoms with van der Waals surface area (Å²) < 4.78 is 5.25. The zero-order valence-electron chi connectivity index (χ0n) is 10.4. The third-order valence-corrected chi connectivity index (χ3v) is 3.61. The summed E-state index contributed by atoms with van der Waals surface area (Å²) in [5.74, 6) is 0. The Morgan fingerprint density at radius 3 is 2.78 bits per heavy atom. The standard InChI is InChI=1S/C16H16O2/c1-11-4-2-3-5-12-9-13-6-7-16(17)18-15(13)10-14(12)8-11/h6-7,9-10H,1-5,8H2. The normalized spacial score (nSPS) is 16.1. The molecule has 0 N–H and O–H groups in total. The second-order valence-electron chi connectivity index (χ2n) is 5.05. The molecule has 0 spiro atoms. The third-order valence-electron chi connectivity index (χ3n) is 3.61. The molecular weight excluding hydrogens is 224 g/mol. The van der Waals surface area contributed by atoms with E-state index in [1.807, 2.05) is 12.1 Å². The van der Waals surface area contributed by atoms with Gasteiger partial charge in [-0.3, -0.25) is 0 Å². The Labute approximate surface area is 106 Å². The molecule has 0 fully saturated rings. The lowest BCUT2D eigenvalue weighted by Gasteiger charge is -2.16. The van der Waals surface area contributed by atoms with Crippen LogP contribution in [0.2, 0.25) is 0 Å². The molecular formula is C16H16O2. The van der Waals surface area contributed by atoms with Crippen molar-refractivity contribution in [2.45, 2.75) is 32.1 Å². The van der Waals surface area contributed by atoms with Gasteiger partial charge in [-0.05, 0) is 61.4 Å². The summed E-state index contributed by atoms with van der Waals surface area (Å²) in [5.41, 5.74) is 4.31. The van der Waals surface area contributed by atoms with E-state index in [1.54, 1.807) is 0 Å². The third kappa shape index (κ3) is 2.10. The lowest BCUT2D eigenvalue weighted by atomic mass is 9.90. The molecule has 0 bridgehead atoms. The Hall–Kier alpha value is -1.83. The van der Waals surface area contributed by atoms with Crippen molar-refractivity contribution in [3.05, 3.63) is 58.0 Å². The van der Waals surface area contributed by atoms with E-state index in [2.05, 4.69) is 12.6 Å². The molecule has 1 aliphatic carbocycles. The fourth-order valence-electron chi connectivity index (χ4n) is 2.65. The minimum absolute atomic E-state index is 0.285. The largest absolute Gasteiger partial charge is 0.423 e. The van der Waals surface area contributed by atoms with Crippen molar-refractivity contribution in [1.29, 1.82) is 0 Å². The SMILES string of the molecule is C=C1CCCCc2cc3ccc(=O)oc3cc2C1. The smallest absolute Gasteiger partial charge is 0.336 e. The molecule has 2 heteroatoms. The summed E-state index contributed by atoms with van der Waals surface area (Å²) in [5, 5.41) is 1.01. The molecule has 0 radical (unpaired) electrons. The molecule has 92 valence electrons. The van der Waals surface area contributed by atoms with Gasteiger partial charge in [0.25, 0.3) is 0 Å². The predicted octanol–water partition coefficient (Wildman–Crippen LogP) is 3.62. The van der Waals surface area contributed by atoms with Crippen LogP contribution < -0.4 is 5.63 Å². The van der Waals surface area contributed by atoms with Crippen molar-refractivity contribution >= 4 is 11.0 Å². The van der Waals surface area contributed by atoms with E-state index in [4.69, 9.17) is 4.42 Å². The predicted molar refractivity (Wildman–Crippen MR) is 72.9 cm³/mol. The average molecular weight is 240 g/mol. The number of hydrogen-bond acceptors (Lipinski definition) is 2. The van der Waals surface area contributed by atoms with Crippen LogP contribution in [0.1, 0.15) is 30.4 Å². The average Bonchev–Trinajstić information content (AvgIpc) is 2.32. The maximum Gasteiger partial charge on any atom is 0.336 e. The van der Waals surface area contributed by atoms with Gasteiger partial charge in [-0.15, -0.1) is 0 Å². The zero-order chi connectivity index (χ0) is 12.5. The quantitative estimate of drug-likeness (QED) is 0.520. The van der Waals surface area contributed by atoms with Gasteiger partial charge in [0.05, 0.1) is 0 Å². The Morgan fingerprint density at radius 1 is 1.06 bits per heavy atom. The monoisotopic (exact) mass is 240 g/mol. The molecule has 1 aromatic carbocycles. The van der Waals surface area contributed by atoms with Crippen LogP contribution in [0.5, 0.6) is 0 Å². The van der Waals surface area contributed by atoms with Gasteiger partial charge in [-0.1, -0.05) is 12.2 Å². The summed E-state index contributed by atoms with van der Waals surface area (Å²) in [6.45, 7) is 4.12. The van der Waals surface area contributed by atoms with Crippen LogP contribution in [-0.2, 0) is 12.8 Å². The molecule has 0 amide bonds. The van der Waals surface area contributed by atoms with Crippen molar-refractivity contribution in [3.63, 3.8) is 0 Å². The second kappa shape index (κ2) is 4.45. The molecule has 1 aromatic heterocycles. The van der Waals surface area contributed by atoms with Gasteiger partial charge in [-0.2, -0.15) is 0 Å². The molecule has 0 saturated carbocycles. The van der Waals surface area contributed by atoms with Gasteiger partial charge in [0, 0.05) is 11.5 Å². The summed E-state index contributed by atoms with van der Waals surface area (Å²) in [6.07, 6.45) is 5.55. The van der Waals surface area contributed by atoms with E-state index in [1.165, 1.54) is 35.6 Å². The topological polar surface area (TPSA) is 30.2 Å². The number of rotatable bonds is 0. The highest BCUT2D eigenvalue weighted by molar-refractivity contribution is 5.78. The second-order valence-corrected chi connectivity index (χ2v) is 5.05. The van der Waals surface area contributed by atoms with Gasteiger partial charge < -0.3 is 4.42 Å². The van der Waals surface area contributed by atoms with E-state index >= 15 is 0 Å². The molecule has 0 atom stereocenters. The molecule has 3 rings (SSSR count). The fourth-order valence-corrected chi connectivity index (χ4v) is 2.65. The highest BCUT2D eigenvalue weighted by Gasteiger charge is 2.11. The van der Waals surface area contributed by atoms with Crippen molar-refractivity contribution in [2.75, 3.05) is 0 Å². The van der Waals surface area contributed by atoms with E-state index in [9.17, 15) is 4.79 Å². The van der Waals surface area contributed by atoms with Gasteiger partial charge >= 0.3 is 5.63 Å². The number of hydrogen-bond donors (Lipinski definition) is 0. The Kier molecular flexibility index (Phi) is 2.78. The first-order valence-electron chi connectivity index (χ1n) is 6.45. The lowest BCUT2D eigenvalue weighted by molar-refractivity contribution is 0.560. The summed E-state index contributed by atoms with van der Waals surface area (Å²) in [4.78, 5) is 11.3. The number of allylic oxidation sites excluding steroid dienone is 1. The van der Waals surface area contributed by atoms with Gasteiger partial charge in [0.1, 0.15) is 5.58 Å². The first-order chi connectivity index (χ1) is 8.72. The summed E-state index contributed by atoms with van der Waals surface area (Å²) in [6, 6.07) is 7.50. The number of benzene rings is 1. The van der Waals surface area contributed by atoms with Gasteiger partial charge in [-0.25, -0.2) is 4.79 Å². The lowest BCUT2D eigenvalue weighted by Crippen LogP contribution is -2.03. The fraction of sp³-hybridized carbons (Fsp3) is 0.312. The van der Waals surface area contributed by atoms with Gasteiger partial charge in [0.2, 0.25) is 0 Å². The van der Waals surface area contributed by atoms with Crippen molar-refractivity contribution in [3.8, 4) is 0 Å². The first-order valence-corrected chi connectivity index (χ1v) is 6.45. The molecule has 1 aliphatic rings. The van der Waals surface area contributed by atoms with Crippen molar-refractivity contribution in [1.82, 2.24) is 0 Å². The van der Waals surface area contributed by atoms with Crippen LogP contribution >= 0.6 is 0 Å². The van der Waals surface area contributed by atoms with Gasteiger partial charge in [0.15, 0.2) is 0 Å². The van der Waals surface area contributed by atoms with Crippen LogP contribution in [0.4, 0.5) is 0 Å². The van der Waals surface area contributed by atoms with Crippen LogP contribution in [0, 0.1) is 0 Å². The highest BCUT2D eigenvalue weighted by Crippen LogP contribution is 2.26. The van der Waals surface area contributed by atoms with Crippen LogP contribution in [0.25, 0.3) is 11.0 Å².